The van der Waals surface area contributed by atoms with E-state index in [0.717, 1.165) is 48.2 Å². The number of hydrogen-bond donors (Lipinski definition) is 0. The average molecular weight is 600 g/mol. The smallest absolute Gasteiger partial charge is 0.306 e. The number of likely N-dealkylation sites (N-methyl/N-ethyl adjacent to an activating group) is 2. The van der Waals surface area contributed by atoms with Crippen molar-refractivity contribution in [2.75, 3.05) is 87.7 Å². The Morgan fingerprint density at radius 2 is 0.929 bits per heavy atom. The average Bonchev–Trinajstić information content (AvgIpc) is 2.93. The molecule has 0 saturated heterocycles. The molecular formula is C35H73N3O4+2. The van der Waals surface area contributed by atoms with Gasteiger partial charge in [0.2, 0.25) is 0 Å². The lowest BCUT2D eigenvalue weighted by molar-refractivity contribution is -0.910. The van der Waals surface area contributed by atoms with E-state index in [1.54, 1.807) is 0 Å². The van der Waals surface area contributed by atoms with Gasteiger partial charge in [0.05, 0.1) is 53.6 Å². The Bertz CT molecular complexity index is 656. The van der Waals surface area contributed by atoms with Crippen molar-refractivity contribution in [2.24, 2.45) is 0 Å². The van der Waals surface area contributed by atoms with Gasteiger partial charge in [0.1, 0.15) is 26.3 Å². The van der Waals surface area contributed by atoms with E-state index in [-0.39, 0.29) is 24.8 Å². The third kappa shape index (κ3) is 26.4. The van der Waals surface area contributed by atoms with Gasteiger partial charge in [0, 0.05) is 0 Å². The molecule has 0 aromatic heterocycles. The van der Waals surface area contributed by atoms with E-state index in [2.05, 4.69) is 54.0 Å². The molecule has 0 saturated carbocycles. The van der Waals surface area contributed by atoms with Crippen LogP contribution in [0.25, 0.3) is 0 Å². The Labute approximate surface area is 261 Å². The van der Waals surface area contributed by atoms with Gasteiger partial charge in [0.15, 0.2) is 0 Å². The largest absolute Gasteiger partial charge is 0.460 e. The second-order valence-corrected chi connectivity index (χ2v) is 13.9. The summed E-state index contributed by atoms with van der Waals surface area (Å²) in [7, 11) is 11.0. The van der Waals surface area contributed by atoms with Crippen LogP contribution in [0.2, 0.25) is 0 Å². The fourth-order valence-electron chi connectivity index (χ4n) is 5.45. The summed E-state index contributed by atoms with van der Waals surface area (Å²) in [4.78, 5) is 26.9. The molecule has 0 rings (SSSR count). The highest BCUT2D eigenvalue weighted by Crippen LogP contribution is 2.14. The van der Waals surface area contributed by atoms with Crippen molar-refractivity contribution in [2.45, 2.75) is 129 Å². The lowest BCUT2D eigenvalue weighted by atomic mass is 10.1. The van der Waals surface area contributed by atoms with Crippen molar-refractivity contribution in [1.29, 1.82) is 0 Å². The number of unbranched alkanes of at least 4 members (excludes halogenated alkanes) is 13. The highest BCUT2D eigenvalue weighted by molar-refractivity contribution is 5.77. The Hall–Kier alpha value is -1.18. The van der Waals surface area contributed by atoms with E-state index in [0.29, 0.717) is 13.2 Å². The molecule has 0 aliphatic rings. The first-order valence-corrected chi connectivity index (χ1v) is 17.6. The number of ether oxygens (including phenoxy) is 2. The molecule has 1 unspecified atom stereocenters. The van der Waals surface area contributed by atoms with E-state index >= 15 is 0 Å². The first-order valence-electron chi connectivity index (χ1n) is 17.6. The predicted molar refractivity (Wildman–Crippen MR) is 178 cm³/mol. The minimum atomic E-state index is -0.301. The molecule has 0 amide bonds. The zero-order chi connectivity index (χ0) is 31.5. The molecule has 0 radical (unpaired) electrons. The Kier molecular flexibility index (Phi) is 25.5. The van der Waals surface area contributed by atoms with Crippen LogP contribution in [0, 0.1) is 0 Å². The fourth-order valence-corrected chi connectivity index (χ4v) is 5.45. The van der Waals surface area contributed by atoms with Crippen LogP contribution >= 0.6 is 0 Å². The first-order chi connectivity index (χ1) is 20.0. The standard InChI is InChI=1S/C35H73N3O4/c1-8-10-12-14-17-21-27-37(5,6)30-32-41-34(39)24-25-35(40)42-33-31-38(7,28-22-18-15-13-11-9-2)29-23-19-16-20-26-36(3)4/h8-33H2,1-7H3/q+2. The van der Waals surface area contributed by atoms with Crippen LogP contribution in [-0.2, 0) is 19.1 Å². The van der Waals surface area contributed by atoms with Gasteiger partial charge in [0.25, 0.3) is 0 Å². The molecule has 0 aromatic rings. The molecular weight excluding hydrogens is 526 g/mol. The Morgan fingerprint density at radius 3 is 1.40 bits per heavy atom. The normalized spacial score (nSPS) is 13.3. The zero-order valence-electron chi connectivity index (χ0n) is 29.4. The van der Waals surface area contributed by atoms with E-state index in [1.807, 2.05) is 0 Å². The molecule has 42 heavy (non-hydrogen) atoms. The van der Waals surface area contributed by atoms with Crippen LogP contribution in [0.3, 0.4) is 0 Å². The number of carbonyl (C=O) groups excluding carboxylic acids is 2. The highest BCUT2D eigenvalue weighted by atomic mass is 16.5. The van der Waals surface area contributed by atoms with Crippen molar-refractivity contribution in [3.63, 3.8) is 0 Å². The van der Waals surface area contributed by atoms with Gasteiger partial charge in [-0.25, -0.2) is 0 Å². The fraction of sp³-hybridized carbons (Fsp3) is 0.943. The maximum atomic E-state index is 12.4. The van der Waals surface area contributed by atoms with Crippen LogP contribution in [0.1, 0.15) is 129 Å². The van der Waals surface area contributed by atoms with Gasteiger partial charge < -0.3 is 23.3 Å². The van der Waals surface area contributed by atoms with E-state index in [1.165, 1.54) is 103 Å². The molecule has 7 heteroatoms. The van der Waals surface area contributed by atoms with Crippen LogP contribution in [0.5, 0.6) is 0 Å². The van der Waals surface area contributed by atoms with Gasteiger partial charge in [-0.05, 0) is 65.6 Å². The van der Waals surface area contributed by atoms with E-state index < -0.39 is 0 Å². The van der Waals surface area contributed by atoms with E-state index in [4.69, 9.17) is 9.47 Å². The topological polar surface area (TPSA) is 55.8 Å². The number of esters is 2. The Balaban J connectivity index is 4.29. The van der Waals surface area contributed by atoms with Gasteiger partial charge in [-0.15, -0.1) is 0 Å². The van der Waals surface area contributed by atoms with Crippen LogP contribution in [0.4, 0.5) is 0 Å². The minimum Gasteiger partial charge on any atom is -0.460 e. The van der Waals surface area contributed by atoms with E-state index in [9.17, 15) is 9.59 Å². The number of carbonyl (C=O) groups is 2. The molecule has 7 nitrogen and oxygen atoms in total. The van der Waals surface area contributed by atoms with Crippen LogP contribution in [0.15, 0.2) is 0 Å². The molecule has 0 aliphatic heterocycles. The highest BCUT2D eigenvalue weighted by Gasteiger charge is 2.22. The lowest BCUT2D eigenvalue weighted by Gasteiger charge is -2.34. The van der Waals surface area contributed by atoms with Crippen molar-refractivity contribution < 1.29 is 28.0 Å². The van der Waals surface area contributed by atoms with Crippen LogP contribution < -0.4 is 0 Å². The van der Waals surface area contributed by atoms with Gasteiger partial charge in [-0.1, -0.05) is 71.6 Å². The number of hydrogen-bond acceptors (Lipinski definition) is 5. The molecule has 0 N–H and O–H groups in total. The summed E-state index contributed by atoms with van der Waals surface area (Å²) in [6, 6.07) is 0. The second-order valence-electron chi connectivity index (χ2n) is 13.9. The van der Waals surface area contributed by atoms with Crippen molar-refractivity contribution in [3.8, 4) is 0 Å². The third-order valence-electron chi connectivity index (χ3n) is 8.61. The molecule has 250 valence electrons. The maximum Gasteiger partial charge on any atom is 0.306 e. The Morgan fingerprint density at radius 1 is 0.524 bits per heavy atom. The monoisotopic (exact) mass is 600 g/mol. The third-order valence-corrected chi connectivity index (χ3v) is 8.61. The summed E-state index contributed by atoms with van der Waals surface area (Å²) in [5.41, 5.74) is 0. The number of nitrogens with zero attached hydrogens (tertiary/aromatic N) is 3. The molecule has 0 heterocycles. The molecule has 0 aromatic carbocycles. The van der Waals surface area contributed by atoms with Crippen LogP contribution in [-0.4, -0.2) is 114 Å². The summed E-state index contributed by atoms with van der Waals surface area (Å²) < 4.78 is 12.8. The summed E-state index contributed by atoms with van der Waals surface area (Å²) in [6.07, 6.45) is 20.7. The minimum absolute atomic E-state index is 0.0977. The van der Waals surface area contributed by atoms with Gasteiger partial charge >= 0.3 is 11.9 Å². The molecule has 0 spiro atoms. The molecule has 0 fully saturated rings. The molecule has 0 aliphatic carbocycles. The number of quaternary nitrogens is 2. The van der Waals surface area contributed by atoms with Crippen molar-refractivity contribution in [1.82, 2.24) is 4.90 Å². The molecule has 1 atom stereocenters. The summed E-state index contributed by atoms with van der Waals surface area (Å²) in [6.45, 7) is 11.5. The predicted octanol–water partition coefficient (Wildman–Crippen LogP) is 7.22. The number of rotatable bonds is 30. The summed E-state index contributed by atoms with van der Waals surface area (Å²) in [5, 5.41) is 0. The lowest BCUT2D eigenvalue weighted by Crippen LogP contribution is -2.48. The van der Waals surface area contributed by atoms with Gasteiger partial charge in [-0.3, -0.25) is 9.59 Å². The van der Waals surface area contributed by atoms with Crippen molar-refractivity contribution in [3.05, 3.63) is 0 Å². The van der Waals surface area contributed by atoms with Gasteiger partial charge in [-0.2, -0.15) is 0 Å². The van der Waals surface area contributed by atoms with Crippen molar-refractivity contribution >= 4 is 11.9 Å². The maximum absolute atomic E-state index is 12.4. The first kappa shape index (κ1) is 40.8. The zero-order valence-corrected chi connectivity index (χ0v) is 29.4. The second kappa shape index (κ2) is 26.2. The summed E-state index contributed by atoms with van der Waals surface area (Å²) in [5.74, 6) is -0.592. The summed E-state index contributed by atoms with van der Waals surface area (Å²) >= 11 is 0. The molecule has 0 bridgehead atoms. The SMILES string of the molecule is CCCCCCCC[N+](C)(C)CCOC(=O)CCC(=O)OCC[N+](C)(CCCCCCCC)CCCCCCN(C)C. The quantitative estimate of drug-likeness (QED) is 0.0496.